The monoisotopic (exact) mass is 502 g/mol. The first kappa shape index (κ1) is 22.7. The molecule has 2 aromatic carbocycles. The number of nitrogens with one attached hydrogen (secondary N) is 2. The Bertz CT molecular complexity index is 1330. The van der Waals surface area contributed by atoms with Gasteiger partial charge in [-0.3, -0.25) is 0 Å². The van der Waals surface area contributed by atoms with Gasteiger partial charge < -0.3 is 4.74 Å². The molecule has 2 aromatic rings. The van der Waals surface area contributed by atoms with Gasteiger partial charge in [0, 0.05) is 25.3 Å². The SMILES string of the molecule is O=S(=O)(NC1CCOCC1)c1ccc2c(c1)Cc1cc(S(=O)(=O)NC3CC4CCC3C4)ccc1-2. The van der Waals surface area contributed by atoms with Crippen LogP contribution in [0.3, 0.4) is 0 Å². The minimum Gasteiger partial charge on any atom is -0.381 e. The van der Waals surface area contributed by atoms with E-state index in [-0.39, 0.29) is 21.9 Å². The van der Waals surface area contributed by atoms with Gasteiger partial charge in [0.15, 0.2) is 0 Å². The zero-order valence-corrected chi connectivity index (χ0v) is 20.6. The second-order valence-corrected chi connectivity index (χ2v) is 13.7. The van der Waals surface area contributed by atoms with Gasteiger partial charge in [0.1, 0.15) is 0 Å². The van der Waals surface area contributed by atoms with E-state index >= 15 is 0 Å². The van der Waals surface area contributed by atoms with Gasteiger partial charge in [0.2, 0.25) is 20.0 Å². The second kappa shape index (κ2) is 8.41. The largest absolute Gasteiger partial charge is 0.381 e. The molecule has 3 fully saturated rings. The number of benzene rings is 2. The maximum Gasteiger partial charge on any atom is 0.240 e. The molecule has 0 radical (unpaired) electrons. The number of fused-ring (bicyclic) bond motifs is 5. The first-order valence-corrected chi connectivity index (χ1v) is 15.1. The molecule has 2 saturated carbocycles. The third kappa shape index (κ3) is 4.11. The average molecular weight is 503 g/mol. The number of hydrogen-bond acceptors (Lipinski definition) is 5. The van der Waals surface area contributed by atoms with Crippen LogP contribution >= 0.6 is 0 Å². The van der Waals surface area contributed by atoms with Gasteiger partial charge in [-0.15, -0.1) is 0 Å². The summed E-state index contributed by atoms with van der Waals surface area (Å²) in [5.74, 6) is 1.13. The van der Waals surface area contributed by atoms with Crippen LogP contribution in [0.15, 0.2) is 46.2 Å². The second-order valence-electron chi connectivity index (χ2n) is 10.2. The normalized spacial score (nSPS) is 26.5. The Kier molecular flexibility index (Phi) is 5.61. The molecule has 3 aliphatic carbocycles. The molecule has 6 rings (SSSR count). The Morgan fingerprint density at radius 1 is 0.735 bits per heavy atom. The molecule has 0 spiro atoms. The zero-order chi connectivity index (χ0) is 23.5. The molecule has 1 heterocycles. The first-order chi connectivity index (χ1) is 16.3. The minimum atomic E-state index is -3.63. The van der Waals surface area contributed by atoms with Crippen molar-refractivity contribution < 1.29 is 21.6 Å². The molecule has 0 aromatic heterocycles. The summed E-state index contributed by atoms with van der Waals surface area (Å²) in [7, 11) is -7.22. The predicted octanol–water partition coefficient (Wildman–Crippen LogP) is 3.18. The van der Waals surface area contributed by atoms with Crippen LogP contribution in [0.4, 0.5) is 0 Å². The Morgan fingerprint density at radius 3 is 1.91 bits per heavy atom. The molecule has 182 valence electrons. The van der Waals surface area contributed by atoms with Gasteiger partial charge in [-0.2, -0.15) is 0 Å². The van der Waals surface area contributed by atoms with Crippen molar-refractivity contribution in [2.45, 2.75) is 66.8 Å². The van der Waals surface area contributed by atoms with E-state index in [4.69, 9.17) is 4.74 Å². The first-order valence-electron chi connectivity index (χ1n) is 12.2. The lowest BCUT2D eigenvalue weighted by atomic mass is 9.96. The number of ether oxygens (including phenoxy) is 1. The highest BCUT2D eigenvalue weighted by molar-refractivity contribution is 7.89. The van der Waals surface area contributed by atoms with Crippen molar-refractivity contribution in [3.63, 3.8) is 0 Å². The van der Waals surface area contributed by atoms with E-state index in [1.807, 2.05) is 12.1 Å². The fourth-order valence-electron chi connectivity index (χ4n) is 6.26. The van der Waals surface area contributed by atoms with Crippen molar-refractivity contribution in [2.75, 3.05) is 13.2 Å². The van der Waals surface area contributed by atoms with E-state index in [0.717, 1.165) is 41.5 Å². The summed E-state index contributed by atoms with van der Waals surface area (Å²) < 4.78 is 63.2. The van der Waals surface area contributed by atoms with Crippen molar-refractivity contribution in [3.8, 4) is 11.1 Å². The quantitative estimate of drug-likeness (QED) is 0.539. The molecule has 3 atom stereocenters. The van der Waals surface area contributed by atoms with Crippen LogP contribution in [0.1, 0.15) is 49.7 Å². The number of sulfonamides is 2. The standard InChI is InChI=1S/C25H30N2O5S2/c28-33(29,26-20-7-9-32-10-8-20)21-3-5-23-18(14-21)13-19-15-22(4-6-24(19)23)34(30,31)27-25-12-16-1-2-17(25)11-16/h3-6,14-17,20,25-27H,1-2,7-13H2. The van der Waals surface area contributed by atoms with E-state index in [2.05, 4.69) is 9.44 Å². The molecule has 9 heteroatoms. The summed E-state index contributed by atoms with van der Waals surface area (Å²) in [5, 5.41) is 0. The highest BCUT2D eigenvalue weighted by atomic mass is 32.2. The highest BCUT2D eigenvalue weighted by Gasteiger charge is 2.41. The third-order valence-electron chi connectivity index (χ3n) is 8.03. The maximum atomic E-state index is 13.1. The molecule has 0 amide bonds. The van der Waals surface area contributed by atoms with Crippen LogP contribution in [0.5, 0.6) is 0 Å². The molecule has 1 aliphatic heterocycles. The van der Waals surface area contributed by atoms with Gasteiger partial charge in [-0.25, -0.2) is 26.3 Å². The van der Waals surface area contributed by atoms with Crippen molar-refractivity contribution in [3.05, 3.63) is 47.5 Å². The minimum absolute atomic E-state index is 0.0465. The zero-order valence-electron chi connectivity index (χ0n) is 19.0. The molecule has 2 N–H and O–H groups in total. The van der Waals surface area contributed by atoms with E-state index < -0.39 is 20.0 Å². The fraction of sp³-hybridized carbons (Fsp3) is 0.520. The summed E-state index contributed by atoms with van der Waals surface area (Å²) in [6, 6.07) is 10.4. The lowest BCUT2D eigenvalue weighted by Crippen LogP contribution is -2.38. The molecule has 4 aliphatic rings. The Labute approximate surface area is 201 Å². The summed E-state index contributed by atoms with van der Waals surface area (Å²) in [5.41, 5.74) is 3.75. The molecule has 2 bridgehead atoms. The molecule has 3 unspecified atom stereocenters. The molecule has 7 nitrogen and oxygen atoms in total. The van der Waals surface area contributed by atoms with Gasteiger partial charge in [0.05, 0.1) is 9.79 Å². The lowest BCUT2D eigenvalue weighted by Gasteiger charge is -2.23. The third-order valence-corrected chi connectivity index (χ3v) is 11.0. The van der Waals surface area contributed by atoms with Gasteiger partial charge >= 0.3 is 0 Å². The van der Waals surface area contributed by atoms with Crippen LogP contribution < -0.4 is 9.44 Å². The smallest absolute Gasteiger partial charge is 0.240 e. The Hall–Kier alpha value is -1.78. The summed E-state index contributed by atoms with van der Waals surface area (Å²) in [4.78, 5) is 0.534. The fourth-order valence-corrected chi connectivity index (χ4v) is 8.98. The van der Waals surface area contributed by atoms with E-state index in [9.17, 15) is 16.8 Å². The van der Waals surface area contributed by atoms with Crippen LogP contribution in [-0.4, -0.2) is 42.1 Å². The summed E-state index contributed by atoms with van der Waals surface area (Å²) >= 11 is 0. The topological polar surface area (TPSA) is 102 Å². The van der Waals surface area contributed by atoms with Gasteiger partial charge in [0.25, 0.3) is 0 Å². The average Bonchev–Trinajstić information content (AvgIpc) is 3.52. The van der Waals surface area contributed by atoms with Crippen LogP contribution in [-0.2, 0) is 31.2 Å². The van der Waals surface area contributed by atoms with Crippen molar-refractivity contribution in [1.82, 2.24) is 9.44 Å². The summed E-state index contributed by atoms with van der Waals surface area (Å²) in [6.45, 7) is 1.13. The van der Waals surface area contributed by atoms with Crippen LogP contribution in [0.25, 0.3) is 11.1 Å². The molecule has 34 heavy (non-hydrogen) atoms. The van der Waals surface area contributed by atoms with Crippen molar-refractivity contribution in [1.29, 1.82) is 0 Å². The highest BCUT2D eigenvalue weighted by Crippen LogP contribution is 2.45. The predicted molar refractivity (Wildman–Crippen MR) is 128 cm³/mol. The van der Waals surface area contributed by atoms with Crippen molar-refractivity contribution in [2.24, 2.45) is 11.8 Å². The number of hydrogen-bond donors (Lipinski definition) is 2. The van der Waals surface area contributed by atoms with Gasteiger partial charge in [-0.1, -0.05) is 18.6 Å². The van der Waals surface area contributed by atoms with Crippen molar-refractivity contribution >= 4 is 20.0 Å². The molecule has 1 saturated heterocycles. The molecular formula is C25H30N2O5S2. The van der Waals surface area contributed by atoms with E-state index in [0.29, 0.717) is 44.3 Å². The maximum absolute atomic E-state index is 13.1. The lowest BCUT2D eigenvalue weighted by molar-refractivity contribution is 0.0832. The van der Waals surface area contributed by atoms with Gasteiger partial charge in [-0.05, 0) is 96.9 Å². The number of rotatable bonds is 6. The summed E-state index contributed by atoms with van der Waals surface area (Å²) in [6.07, 6.45) is 6.28. The van der Waals surface area contributed by atoms with E-state index in [1.165, 1.54) is 6.42 Å². The van der Waals surface area contributed by atoms with Crippen LogP contribution in [0.2, 0.25) is 0 Å². The Balaban J connectivity index is 1.21. The van der Waals surface area contributed by atoms with Crippen LogP contribution in [0, 0.1) is 11.8 Å². The van der Waals surface area contributed by atoms with E-state index in [1.54, 1.807) is 24.3 Å². The Morgan fingerprint density at radius 2 is 1.35 bits per heavy atom. The molecular weight excluding hydrogens is 472 g/mol.